The van der Waals surface area contributed by atoms with E-state index in [1.807, 2.05) is 61.9 Å². The Hall–Kier alpha value is -2.99. The van der Waals surface area contributed by atoms with Crippen molar-refractivity contribution >= 4 is 49.5 Å². The minimum Gasteiger partial charge on any atom is -0.491 e. The van der Waals surface area contributed by atoms with Gasteiger partial charge in [-0.3, -0.25) is 0 Å². The van der Waals surface area contributed by atoms with E-state index >= 15 is 0 Å². The van der Waals surface area contributed by atoms with Gasteiger partial charge in [0.05, 0.1) is 15.4 Å². The first-order chi connectivity index (χ1) is 16.6. The molecule has 0 spiro atoms. The number of nitrogens with two attached hydrogens (primary N) is 2. The topological polar surface area (TPSA) is 133 Å². The quantitative estimate of drug-likeness (QED) is 0.396. The fourth-order valence-electron chi connectivity index (χ4n) is 5.01. The molecule has 0 bridgehead atoms. The first kappa shape index (κ1) is 22.5. The lowest BCUT2D eigenvalue weighted by Gasteiger charge is -2.29. The van der Waals surface area contributed by atoms with Crippen LogP contribution in [-0.4, -0.2) is 49.7 Å². The first-order valence-corrected chi connectivity index (χ1v) is 12.0. The summed E-state index contributed by atoms with van der Waals surface area (Å²) in [6.07, 6.45) is 2.02. The van der Waals surface area contributed by atoms with E-state index in [0.29, 0.717) is 23.0 Å². The zero-order valence-corrected chi connectivity index (χ0v) is 21.0. The lowest BCUT2D eigenvalue weighted by Crippen LogP contribution is -2.46. The van der Waals surface area contributed by atoms with Crippen LogP contribution in [0.1, 0.15) is 27.0 Å². The minimum absolute atomic E-state index is 0.247. The molecule has 1 aromatic carbocycles. The lowest BCUT2D eigenvalue weighted by molar-refractivity contribution is -0.213. The van der Waals surface area contributed by atoms with Gasteiger partial charge >= 0.3 is 0 Å². The number of nitrogen functional groups attached to an aromatic ring is 2. The summed E-state index contributed by atoms with van der Waals surface area (Å²) < 4.78 is 28.1. The van der Waals surface area contributed by atoms with E-state index in [9.17, 15) is 0 Å². The van der Waals surface area contributed by atoms with Crippen LogP contribution in [0.3, 0.4) is 0 Å². The Morgan fingerprint density at radius 3 is 2.77 bits per heavy atom. The van der Waals surface area contributed by atoms with Crippen molar-refractivity contribution in [2.24, 2.45) is 0 Å². The third-order valence-corrected chi connectivity index (χ3v) is 7.26. The summed E-state index contributed by atoms with van der Waals surface area (Å²) in [6, 6.07) is 9.51. The van der Waals surface area contributed by atoms with Gasteiger partial charge < -0.3 is 35.0 Å². The maximum atomic E-state index is 6.51. The molecule has 10 nitrogen and oxygen atoms in total. The van der Waals surface area contributed by atoms with E-state index in [0.717, 1.165) is 20.8 Å². The van der Waals surface area contributed by atoms with Crippen LogP contribution < -0.4 is 16.2 Å². The number of fused-ring (bicyclic) bond motifs is 3. The zero-order chi connectivity index (χ0) is 24.5. The van der Waals surface area contributed by atoms with Crippen LogP contribution in [0.25, 0.3) is 21.9 Å². The minimum atomic E-state index is -0.783. The van der Waals surface area contributed by atoms with Crippen molar-refractivity contribution in [3.8, 4) is 5.75 Å². The molecule has 182 valence electrons. The van der Waals surface area contributed by atoms with Gasteiger partial charge in [0.2, 0.25) is 0 Å². The number of rotatable bonds is 4. The van der Waals surface area contributed by atoms with Gasteiger partial charge in [0.1, 0.15) is 53.8 Å². The van der Waals surface area contributed by atoms with Gasteiger partial charge in [-0.15, -0.1) is 0 Å². The van der Waals surface area contributed by atoms with Crippen LogP contribution >= 0.6 is 15.9 Å². The van der Waals surface area contributed by atoms with Crippen molar-refractivity contribution in [3.63, 3.8) is 0 Å². The largest absolute Gasteiger partial charge is 0.491 e. The average Bonchev–Trinajstić information content (AvgIpc) is 3.41. The molecule has 4 atom stereocenters. The number of ether oxygens (including phenoxy) is 4. The second-order valence-corrected chi connectivity index (χ2v) is 10.3. The van der Waals surface area contributed by atoms with E-state index in [2.05, 4.69) is 30.9 Å². The van der Waals surface area contributed by atoms with E-state index in [1.165, 1.54) is 6.33 Å². The molecular formula is C24H25BrN6O4. The third kappa shape index (κ3) is 3.61. The van der Waals surface area contributed by atoms with Gasteiger partial charge in [-0.25, -0.2) is 15.0 Å². The monoisotopic (exact) mass is 540 g/mol. The highest BCUT2D eigenvalue weighted by atomic mass is 79.9. The van der Waals surface area contributed by atoms with Crippen molar-refractivity contribution in [1.82, 2.24) is 19.5 Å². The standard InChI is InChI=1S/C24H25BrN6O4/c1-23(2)34-18-22(31-7-6-14-19(26)28-11-29-21(14)31)33-17(24(18,3)35-23)10-32-13-5-4-12-8-15(25)20(27)30-16(12)9-13/h4-9,11,17-18,22H,10H2,1-3H3,(H2,27,30)(H2,26,28,29)/t17-,18+,22-,24-/m1/s1. The highest BCUT2D eigenvalue weighted by Gasteiger charge is 2.64. The summed E-state index contributed by atoms with van der Waals surface area (Å²) in [4.78, 5) is 12.9. The Bertz CT molecular complexity index is 1460. The molecule has 2 aliphatic heterocycles. The Morgan fingerprint density at radius 1 is 1.11 bits per heavy atom. The van der Waals surface area contributed by atoms with Crippen LogP contribution in [-0.2, 0) is 14.2 Å². The molecule has 2 fully saturated rings. The molecule has 35 heavy (non-hydrogen) atoms. The number of hydrogen-bond donors (Lipinski definition) is 2. The number of hydrogen-bond acceptors (Lipinski definition) is 9. The summed E-state index contributed by atoms with van der Waals surface area (Å²) in [5.41, 5.74) is 12.7. The molecule has 3 aromatic heterocycles. The maximum Gasteiger partial charge on any atom is 0.165 e. The molecule has 0 saturated carbocycles. The number of pyridine rings is 1. The summed E-state index contributed by atoms with van der Waals surface area (Å²) in [6.45, 7) is 6.04. The molecule has 6 rings (SSSR count). The summed E-state index contributed by atoms with van der Waals surface area (Å²) in [5, 5.41) is 1.71. The van der Waals surface area contributed by atoms with Crippen molar-refractivity contribution in [2.45, 2.75) is 50.6 Å². The van der Waals surface area contributed by atoms with Crippen LogP contribution in [0.4, 0.5) is 11.6 Å². The number of halogens is 1. The van der Waals surface area contributed by atoms with E-state index in [-0.39, 0.29) is 6.61 Å². The molecule has 11 heteroatoms. The predicted molar refractivity (Wildman–Crippen MR) is 134 cm³/mol. The normalized spacial score (nSPS) is 27.5. The van der Waals surface area contributed by atoms with Gasteiger partial charge in [0.15, 0.2) is 12.0 Å². The van der Waals surface area contributed by atoms with Crippen LogP contribution in [0, 0.1) is 0 Å². The molecule has 5 heterocycles. The summed E-state index contributed by atoms with van der Waals surface area (Å²) in [5.74, 6) is 0.711. The van der Waals surface area contributed by atoms with Gasteiger partial charge in [0, 0.05) is 17.6 Å². The Morgan fingerprint density at radius 2 is 1.94 bits per heavy atom. The van der Waals surface area contributed by atoms with Crippen LogP contribution in [0.2, 0.25) is 0 Å². The number of anilines is 2. The van der Waals surface area contributed by atoms with E-state index in [4.69, 9.17) is 30.4 Å². The van der Waals surface area contributed by atoms with E-state index < -0.39 is 29.8 Å². The molecule has 4 N–H and O–H groups in total. The molecule has 0 radical (unpaired) electrons. The highest BCUT2D eigenvalue weighted by Crippen LogP contribution is 2.50. The zero-order valence-electron chi connectivity index (χ0n) is 19.4. The summed E-state index contributed by atoms with van der Waals surface area (Å²) in [7, 11) is 0. The second kappa shape index (κ2) is 7.76. The molecule has 0 amide bonds. The SMILES string of the molecule is CC1(C)O[C@H]2[C@H](n3ccc4c(N)ncnc43)O[C@H](COc3ccc4cc(Br)c(N)nc4c3)[C@@]2(C)O1. The smallest absolute Gasteiger partial charge is 0.165 e. The van der Waals surface area contributed by atoms with Crippen LogP contribution in [0.15, 0.2) is 47.3 Å². The predicted octanol–water partition coefficient (Wildman–Crippen LogP) is 3.79. The fourth-order valence-corrected chi connectivity index (χ4v) is 5.34. The third-order valence-electron chi connectivity index (χ3n) is 6.63. The van der Waals surface area contributed by atoms with Crippen LogP contribution in [0.5, 0.6) is 5.75 Å². The Labute approximate surface area is 209 Å². The van der Waals surface area contributed by atoms with Crippen molar-refractivity contribution < 1.29 is 18.9 Å². The second-order valence-electron chi connectivity index (χ2n) is 9.48. The molecule has 2 aliphatic rings. The van der Waals surface area contributed by atoms with E-state index in [1.54, 1.807) is 0 Å². The number of nitrogens with zero attached hydrogens (tertiary/aromatic N) is 4. The van der Waals surface area contributed by atoms with Crippen molar-refractivity contribution in [2.75, 3.05) is 18.1 Å². The van der Waals surface area contributed by atoms with Gasteiger partial charge in [-0.05, 0) is 61.0 Å². The molecule has 0 aliphatic carbocycles. The Balaban J connectivity index is 1.30. The van der Waals surface area contributed by atoms with Gasteiger partial charge in [-0.1, -0.05) is 0 Å². The number of aromatic nitrogens is 4. The molecule has 2 saturated heterocycles. The fraction of sp³-hybridized carbons (Fsp3) is 0.375. The van der Waals surface area contributed by atoms with Crippen molar-refractivity contribution in [3.05, 3.63) is 47.3 Å². The first-order valence-electron chi connectivity index (χ1n) is 11.2. The van der Waals surface area contributed by atoms with Gasteiger partial charge in [0.25, 0.3) is 0 Å². The molecule has 0 unspecified atom stereocenters. The number of benzene rings is 1. The van der Waals surface area contributed by atoms with Gasteiger partial charge in [-0.2, -0.15) is 0 Å². The molecular weight excluding hydrogens is 516 g/mol. The molecule has 4 aromatic rings. The maximum absolute atomic E-state index is 6.51. The highest BCUT2D eigenvalue weighted by molar-refractivity contribution is 9.10. The average molecular weight is 541 g/mol. The summed E-state index contributed by atoms with van der Waals surface area (Å²) >= 11 is 3.41. The van der Waals surface area contributed by atoms with Crippen molar-refractivity contribution in [1.29, 1.82) is 0 Å². The lowest BCUT2D eigenvalue weighted by atomic mass is 9.95. The Kier molecular flexibility index (Phi) is 4.98.